The fourth-order valence-electron chi connectivity index (χ4n) is 1.68. The van der Waals surface area contributed by atoms with Gasteiger partial charge in [0.05, 0.1) is 25.5 Å². The number of hydrogen-bond donors (Lipinski definition) is 2. The molecule has 2 N–H and O–H groups in total. The van der Waals surface area contributed by atoms with Crippen molar-refractivity contribution in [3.63, 3.8) is 0 Å². The summed E-state index contributed by atoms with van der Waals surface area (Å²) in [6, 6.07) is 1.64. The molecule has 1 rings (SSSR count). The minimum absolute atomic E-state index is 0.202. The summed E-state index contributed by atoms with van der Waals surface area (Å²) in [5.41, 5.74) is 0.953. The van der Waals surface area contributed by atoms with E-state index in [0.29, 0.717) is 16.2 Å². The second-order valence-corrected chi connectivity index (χ2v) is 5.18. The van der Waals surface area contributed by atoms with Crippen molar-refractivity contribution in [2.75, 3.05) is 14.2 Å². The fourth-order valence-corrected chi connectivity index (χ4v) is 2.40. The SMILES string of the molecule is C/C=C(\C(=O)OC)c1cc(S/C=C/NC(C)=O)c(C(=O)OC)[nH]1. The van der Waals surface area contributed by atoms with Gasteiger partial charge < -0.3 is 19.8 Å². The number of aromatic amines is 1. The first-order valence-corrected chi connectivity index (χ1v) is 7.47. The molecule has 1 amide bonds. The van der Waals surface area contributed by atoms with Gasteiger partial charge in [-0.2, -0.15) is 0 Å². The molecule has 0 aliphatic heterocycles. The lowest BCUT2D eigenvalue weighted by Gasteiger charge is -2.01. The first-order valence-electron chi connectivity index (χ1n) is 6.59. The van der Waals surface area contributed by atoms with Crippen LogP contribution in [0.25, 0.3) is 5.57 Å². The number of allylic oxidation sites excluding steroid dienone is 1. The zero-order valence-corrected chi connectivity index (χ0v) is 14.1. The lowest BCUT2D eigenvalue weighted by atomic mass is 10.2. The molecule has 8 heteroatoms. The zero-order chi connectivity index (χ0) is 17.4. The highest BCUT2D eigenvalue weighted by Gasteiger charge is 2.20. The molecule has 0 atom stereocenters. The third-order valence-corrected chi connectivity index (χ3v) is 3.55. The van der Waals surface area contributed by atoms with Crippen molar-refractivity contribution in [1.82, 2.24) is 10.3 Å². The lowest BCUT2D eigenvalue weighted by molar-refractivity contribution is -0.133. The van der Waals surface area contributed by atoms with Gasteiger partial charge in [0.15, 0.2) is 0 Å². The number of methoxy groups -OCH3 is 2. The molecule has 0 spiro atoms. The fraction of sp³-hybridized carbons (Fsp3) is 0.267. The molecule has 0 unspecified atom stereocenters. The van der Waals surface area contributed by atoms with E-state index in [4.69, 9.17) is 9.47 Å². The summed E-state index contributed by atoms with van der Waals surface area (Å²) in [5, 5.41) is 4.10. The van der Waals surface area contributed by atoms with Crippen LogP contribution in [-0.2, 0) is 19.1 Å². The van der Waals surface area contributed by atoms with E-state index < -0.39 is 11.9 Å². The van der Waals surface area contributed by atoms with E-state index in [1.54, 1.807) is 24.5 Å². The Balaban J connectivity index is 3.13. The van der Waals surface area contributed by atoms with Crippen LogP contribution in [0.5, 0.6) is 0 Å². The van der Waals surface area contributed by atoms with Crippen LogP contribution < -0.4 is 5.32 Å². The van der Waals surface area contributed by atoms with Crippen molar-refractivity contribution in [2.45, 2.75) is 18.7 Å². The van der Waals surface area contributed by atoms with E-state index in [1.807, 2.05) is 0 Å². The highest BCUT2D eigenvalue weighted by Crippen LogP contribution is 2.28. The van der Waals surface area contributed by atoms with Gasteiger partial charge in [-0.3, -0.25) is 4.79 Å². The van der Waals surface area contributed by atoms with Crippen LogP contribution >= 0.6 is 11.8 Å². The maximum Gasteiger partial charge on any atom is 0.355 e. The Hall–Kier alpha value is -2.48. The number of nitrogens with one attached hydrogen (secondary N) is 2. The van der Waals surface area contributed by atoms with Gasteiger partial charge in [0, 0.05) is 18.0 Å². The van der Waals surface area contributed by atoms with Crippen molar-refractivity contribution in [3.8, 4) is 0 Å². The smallest absolute Gasteiger partial charge is 0.355 e. The third kappa shape index (κ3) is 5.03. The van der Waals surface area contributed by atoms with Gasteiger partial charge in [0.25, 0.3) is 0 Å². The molecule has 7 nitrogen and oxygen atoms in total. The number of carbonyl (C=O) groups excluding carboxylic acids is 3. The van der Waals surface area contributed by atoms with Crippen LogP contribution in [0.4, 0.5) is 0 Å². The van der Waals surface area contributed by atoms with Crippen molar-refractivity contribution in [2.24, 2.45) is 0 Å². The second-order valence-electron chi connectivity index (χ2n) is 4.23. The molecule has 0 aliphatic rings. The predicted molar refractivity (Wildman–Crippen MR) is 86.6 cm³/mol. The highest BCUT2D eigenvalue weighted by atomic mass is 32.2. The first kappa shape index (κ1) is 18.6. The predicted octanol–water partition coefficient (Wildman–Crippen LogP) is 2.08. The van der Waals surface area contributed by atoms with E-state index in [0.717, 1.165) is 0 Å². The quantitative estimate of drug-likeness (QED) is 0.468. The summed E-state index contributed by atoms with van der Waals surface area (Å²) in [6.45, 7) is 3.08. The van der Waals surface area contributed by atoms with Crippen LogP contribution in [0.3, 0.4) is 0 Å². The van der Waals surface area contributed by atoms with Crippen molar-refractivity contribution >= 4 is 35.2 Å². The minimum Gasteiger partial charge on any atom is -0.465 e. The van der Waals surface area contributed by atoms with Gasteiger partial charge in [0.2, 0.25) is 5.91 Å². The monoisotopic (exact) mass is 338 g/mol. The Morgan fingerprint density at radius 3 is 2.48 bits per heavy atom. The van der Waals surface area contributed by atoms with Crippen LogP contribution in [-0.4, -0.2) is 37.0 Å². The van der Waals surface area contributed by atoms with E-state index >= 15 is 0 Å². The molecular formula is C15H18N2O5S. The molecule has 1 aromatic heterocycles. The molecule has 0 bridgehead atoms. The van der Waals surface area contributed by atoms with Gasteiger partial charge in [0.1, 0.15) is 5.69 Å². The number of H-pyrrole nitrogens is 1. The van der Waals surface area contributed by atoms with Crippen LogP contribution in [0.15, 0.2) is 28.6 Å². The van der Waals surface area contributed by atoms with Crippen LogP contribution in [0.1, 0.15) is 30.0 Å². The topological polar surface area (TPSA) is 97.5 Å². The highest BCUT2D eigenvalue weighted by molar-refractivity contribution is 8.02. The zero-order valence-electron chi connectivity index (χ0n) is 13.3. The second kappa shape index (κ2) is 8.84. The number of thioether (sulfide) groups is 1. The number of aromatic nitrogens is 1. The number of amides is 1. The molecule has 1 heterocycles. The van der Waals surface area contributed by atoms with Crippen molar-refractivity contribution in [3.05, 3.63) is 35.1 Å². The Labute approximate surface area is 138 Å². The number of ether oxygens (including phenoxy) is 2. The van der Waals surface area contributed by atoms with Gasteiger partial charge in [-0.05, 0) is 18.4 Å². The maximum absolute atomic E-state index is 11.8. The minimum atomic E-state index is -0.563. The Kier molecular flexibility index (Phi) is 7.14. The van der Waals surface area contributed by atoms with E-state index in [-0.39, 0.29) is 11.6 Å². The molecular weight excluding hydrogens is 320 g/mol. The normalized spacial score (nSPS) is 11.4. The van der Waals surface area contributed by atoms with E-state index in [2.05, 4.69) is 10.3 Å². The average Bonchev–Trinajstić information content (AvgIpc) is 2.94. The average molecular weight is 338 g/mol. The first-order chi connectivity index (χ1) is 10.9. The van der Waals surface area contributed by atoms with Gasteiger partial charge >= 0.3 is 11.9 Å². The number of carbonyl (C=O) groups is 3. The molecule has 0 aromatic carbocycles. The van der Waals surface area contributed by atoms with Gasteiger partial charge in [-0.15, -0.1) is 0 Å². The van der Waals surface area contributed by atoms with Crippen LogP contribution in [0, 0.1) is 0 Å². The molecule has 124 valence electrons. The summed E-state index contributed by atoms with van der Waals surface area (Å²) in [4.78, 5) is 37.8. The summed E-state index contributed by atoms with van der Waals surface area (Å²) in [6.07, 6.45) is 3.04. The summed E-state index contributed by atoms with van der Waals surface area (Å²) < 4.78 is 9.43. The molecule has 23 heavy (non-hydrogen) atoms. The Bertz CT molecular complexity index is 661. The van der Waals surface area contributed by atoms with Crippen LogP contribution in [0.2, 0.25) is 0 Å². The number of rotatable bonds is 6. The van der Waals surface area contributed by atoms with E-state index in [9.17, 15) is 14.4 Å². The molecule has 0 fully saturated rings. The van der Waals surface area contributed by atoms with Gasteiger partial charge in [-0.25, -0.2) is 9.59 Å². The summed E-state index contributed by atoms with van der Waals surface area (Å²) in [7, 11) is 2.54. The molecule has 0 saturated carbocycles. The molecule has 0 aliphatic carbocycles. The molecule has 0 saturated heterocycles. The number of esters is 2. The summed E-state index contributed by atoms with van der Waals surface area (Å²) in [5.74, 6) is -1.28. The Morgan fingerprint density at radius 1 is 1.26 bits per heavy atom. The van der Waals surface area contributed by atoms with Crippen molar-refractivity contribution < 1.29 is 23.9 Å². The largest absolute Gasteiger partial charge is 0.465 e. The third-order valence-electron chi connectivity index (χ3n) is 2.70. The summed E-state index contributed by atoms with van der Waals surface area (Å²) >= 11 is 1.19. The van der Waals surface area contributed by atoms with Gasteiger partial charge in [-0.1, -0.05) is 17.8 Å². The lowest BCUT2D eigenvalue weighted by Crippen LogP contribution is -2.10. The molecule has 1 aromatic rings. The number of hydrogen-bond acceptors (Lipinski definition) is 6. The van der Waals surface area contributed by atoms with Crippen molar-refractivity contribution in [1.29, 1.82) is 0 Å². The van der Waals surface area contributed by atoms with E-state index in [1.165, 1.54) is 39.1 Å². The Morgan fingerprint density at radius 2 is 1.96 bits per heavy atom. The molecule has 0 radical (unpaired) electrons. The maximum atomic E-state index is 11.8. The standard InChI is InChI=1S/C15H18N2O5S/c1-5-10(14(19)21-3)11-8-12(13(17-11)15(20)22-4)23-7-6-16-9(2)18/h5-8,17H,1-4H3,(H,16,18)/b7-6+,10-5-.